The highest BCUT2D eigenvalue weighted by molar-refractivity contribution is 5.84. The van der Waals surface area contributed by atoms with E-state index in [0.717, 1.165) is 25.7 Å². The Morgan fingerprint density at radius 1 is 1.43 bits per heavy atom. The highest BCUT2D eigenvalue weighted by atomic mass is 19.1. The van der Waals surface area contributed by atoms with Crippen LogP contribution in [0.15, 0.2) is 0 Å². The van der Waals surface area contributed by atoms with Gasteiger partial charge in [0.25, 0.3) is 5.91 Å². The van der Waals surface area contributed by atoms with E-state index in [4.69, 9.17) is 5.73 Å². The lowest BCUT2D eigenvalue weighted by Crippen LogP contribution is -2.53. The summed E-state index contributed by atoms with van der Waals surface area (Å²) < 4.78 is 13.2. The number of carbonyl (C=O) groups is 1. The van der Waals surface area contributed by atoms with Crippen molar-refractivity contribution in [3.8, 4) is 0 Å². The molecule has 1 rings (SSSR count). The van der Waals surface area contributed by atoms with Gasteiger partial charge in [-0.2, -0.15) is 0 Å². The molecule has 1 amide bonds. The zero-order chi connectivity index (χ0) is 10.8. The van der Waals surface area contributed by atoms with Crippen LogP contribution in [-0.4, -0.2) is 23.7 Å². The molecule has 0 aromatic heterocycles. The summed E-state index contributed by atoms with van der Waals surface area (Å²) in [7, 11) is 0. The highest BCUT2D eigenvalue weighted by Crippen LogP contribution is 2.18. The predicted molar refractivity (Wildman–Crippen MR) is 53.6 cm³/mol. The zero-order valence-corrected chi connectivity index (χ0v) is 8.85. The molecule has 14 heavy (non-hydrogen) atoms. The molecule has 0 aromatic carbocycles. The Kier molecular flexibility index (Phi) is 3.48. The van der Waals surface area contributed by atoms with Crippen LogP contribution >= 0.6 is 0 Å². The third-order valence-electron chi connectivity index (χ3n) is 2.68. The van der Waals surface area contributed by atoms with Crippen molar-refractivity contribution in [1.82, 2.24) is 5.32 Å². The lowest BCUT2D eigenvalue weighted by molar-refractivity contribution is -0.131. The Morgan fingerprint density at radius 3 is 2.50 bits per heavy atom. The minimum absolute atomic E-state index is 0.0185. The second kappa shape index (κ2) is 4.26. The average molecular weight is 202 g/mol. The number of carbonyl (C=O) groups excluding carboxylic acids is 1. The number of nitrogens with one attached hydrogen (secondary N) is 1. The summed E-state index contributed by atoms with van der Waals surface area (Å²) in [5, 5.41) is 2.67. The summed E-state index contributed by atoms with van der Waals surface area (Å²) in [5.74, 6) is -0.556. The van der Waals surface area contributed by atoms with Crippen molar-refractivity contribution >= 4 is 5.91 Å². The predicted octanol–water partition coefficient (Wildman–Crippen LogP) is 1.12. The van der Waals surface area contributed by atoms with Crippen molar-refractivity contribution in [2.75, 3.05) is 0 Å². The van der Waals surface area contributed by atoms with E-state index in [1.54, 1.807) is 0 Å². The first-order valence-corrected chi connectivity index (χ1v) is 5.16. The van der Waals surface area contributed by atoms with Gasteiger partial charge in [-0.15, -0.1) is 0 Å². The van der Waals surface area contributed by atoms with Crippen molar-refractivity contribution in [1.29, 1.82) is 0 Å². The molecule has 4 heteroatoms. The first-order chi connectivity index (χ1) is 6.41. The molecule has 2 atom stereocenters. The Morgan fingerprint density at radius 2 is 2.00 bits per heavy atom. The van der Waals surface area contributed by atoms with Crippen LogP contribution in [0.4, 0.5) is 4.39 Å². The molecular weight excluding hydrogens is 183 g/mol. The quantitative estimate of drug-likeness (QED) is 0.705. The van der Waals surface area contributed by atoms with Gasteiger partial charge >= 0.3 is 0 Å². The van der Waals surface area contributed by atoms with Crippen LogP contribution in [0.5, 0.6) is 0 Å². The Labute approximate surface area is 84.2 Å². The molecule has 0 radical (unpaired) electrons. The number of alkyl halides is 1. The summed E-state index contributed by atoms with van der Waals surface area (Å²) in [6, 6.07) is -0.0682. The molecule has 1 aliphatic carbocycles. The van der Waals surface area contributed by atoms with E-state index in [2.05, 4.69) is 5.32 Å². The molecule has 0 saturated heterocycles. The van der Waals surface area contributed by atoms with Gasteiger partial charge in [-0.1, -0.05) is 12.8 Å². The first kappa shape index (κ1) is 11.4. The molecule has 3 nitrogen and oxygen atoms in total. The van der Waals surface area contributed by atoms with Crippen molar-refractivity contribution in [2.24, 2.45) is 5.73 Å². The van der Waals surface area contributed by atoms with Crippen LogP contribution in [0.2, 0.25) is 0 Å². The topological polar surface area (TPSA) is 55.1 Å². The van der Waals surface area contributed by atoms with E-state index in [0.29, 0.717) is 0 Å². The van der Waals surface area contributed by atoms with Crippen molar-refractivity contribution in [3.63, 3.8) is 0 Å². The van der Waals surface area contributed by atoms with E-state index < -0.39 is 11.6 Å². The fourth-order valence-electron chi connectivity index (χ4n) is 1.68. The molecule has 1 fully saturated rings. The van der Waals surface area contributed by atoms with E-state index in [1.807, 2.05) is 0 Å². The summed E-state index contributed by atoms with van der Waals surface area (Å²) in [6.07, 6.45) is 3.94. The lowest BCUT2D eigenvalue weighted by Gasteiger charge is -2.30. The Balaban J connectivity index is 2.46. The largest absolute Gasteiger partial charge is 0.349 e. The van der Waals surface area contributed by atoms with E-state index in [1.165, 1.54) is 13.8 Å². The summed E-state index contributed by atoms with van der Waals surface area (Å²) >= 11 is 0. The normalized spacial score (nSPS) is 28.6. The number of halogens is 1. The van der Waals surface area contributed by atoms with Gasteiger partial charge in [0.1, 0.15) is 0 Å². The summed E-state index contributed by atoms with van der Waals surface area (Å²) in [5.41, 5.74) is 4.03. The van der Waals surface area contributed by atoms with Gasteiger partial charge < -0.3 is 11.1 Å². The number of hydrogen-bond acceptors (Lipinski definition) is 2. The van der Waals surface area contributed by atoms with Gasteiger partial charge in [-0.25, -0.2) is 4.39 Å². The molecular formula is C10H19FN2O. The smallest absolute Gasteiger partial charge is 0.257 e. The highest BCUT2D eigenvalue weighted by Gasteiger charge is 2.31. The molecule has 1 aliphatic rings. The second-order valence-electron chi connectivity index (χ2n) is 4.50. The molecule has 0 aromatic rings. The Hall–Kier alpha value is -0.640. The van der Waals surface area contributed by atoms with E-state index in [9.17, 15) is 9.18 Å². The van der Waals surface area contributed by atoms with Crippen molar-refractivity contribution in [2.45, 2.75) is 57.3 Å². The fraction of sp³-hybridized carbons (Fsp3) is 0.900. The lowest BCUT2D eigenvalue weighted by atomic mass is 9.90. The van der Waals surface area contributed by atoms with E-state index >= 15 is 0 Å². The van der Waals surface area contributed by atoms with Crippen LogP contribution in [0.3, 0.4) is 0 Å². The maximum atomic E-state index is 13.2. The van der Waals surface area contributed by atoms with Gasteiger partial charge in [0.2, 0.25) is 0 Å². The average Bonchev–Trinajstić information content (AvgIpc) is 2.07. The molecule has 0 spiro atoms. The van der Waals surface area contributed by atoms with Crippen LogP contribution in [0, 0.1) is 0 Å². The van der Waals surface area contributed by atoms with Gasteiger partial charge in [0.05, 0.1) is 0 Å². The molecule has 0 heterocycles. The number of nitrogens with two attached hydrogens (primary N) is 1. The summed E-state index contributed by atoms with van der Waals surface area (Å²) in [4.78, 5) is 11.3. The SMILES string of the molecule is CC(C)(F)C(=O)N[C@@H]1CCCC[C@H]1N. The molecule has 0 aliphatic heterocycles. The maximum absolute atomic E-state index is 13.2. The molecule has 82 valence electrons. The van der Waals surface area contributed by atoms with Crippen LogP contribution in [0.1, 0.15) is 39.5 Å². The molecule has 0 bridgehead atoms. The molecule has 0 unspecified atom stereocenters. The maximum Gasteiger partial charge on any atom is 0.257 e. The van der Waals surface area contributed by atoms with Crippen molar-refractivity contribution < 1.29 is 9.18 Å². The standard InChI is InChI=1S/C10H19FN2O/c1-10(2,11)9(14)13-8-6-4-3-5-7(8)12/h7-8H,3-6,12H2,1-2H3,(H,13,14)/t7-,8-/m1/s1. The summed E-state index contributed by atoms with van der Waals surface area (Å²) in [6.45, 7) is 2.52. The van der Waals surface area contributed by atoms with Gasteiger partial charge in [0, 0.05) is 12.1 Å². The van der Waals surface area contributed by atoms with Crippen LogP contribution in [0.25, 0.3) is 0 Å². The van der Waals surface area contributed by atoms with Crippen molar-refractivity contribution in [3.05, 3.63) is 0 Å². The zero-order valence-electron chi connectivity index (χ0n) is 8.85. The number of hydrogen-bond donors (Lipinski definition) is 2. The minimum Gasteiger partial charge on any atom is -0.349 e. The van der Waals surface area contributed by atoms with E-state index in [-0.39, 0.29) is 12.1 Å². The first-order valence-electron chi connectivity index (χ1n) is 5.16. The fourth-order valence-corrected chi connectivity index (χ4v) is 1.68. The van der Waals surface area contributed by atoms with Crippen LogP contribution in [-0.2, 0) is 4.79 Å². The molecule has 3 N–H and O–H groups in total. The number of amides is 1. The minimum atomic E-state index is -1.81. The second-order valence-corrected chi connectivity index (χ2v) is 4.50. The monoisotopic (exact) mass is 202 g/mol. The third-order valence-corrected chi connectivity index (χ3v) is 2.68. The Bertz CT molecular complexity index is 213. The van der Waals surface area contributed by atoms with Crippen LogP contribution < -0.4 is 11.1 Å². The van der Waals surface area contributed by atoms with Gasteiger partial charge in [0.15, 0.2) is 5.67 Å². The molecule has 1 saturated carbocycles. The van der Waals surface area contributed by atoms with Gasteiger partial charge in [-0.3, -0.25) is 4.79 Å². The van der Waals surface area contributed by atoms with Gasteiger partial charge in [-0.05, 0) is 26.7 Å². The third kappa shape index (κ3) is 2.94. The number of rotatable bonds is 2.